The molecule has 94 valence electrons. The molecule has 0 atom stereocenters. The first-order chi connectivity index (χ1) is 8.70. The monoisotopic (exact) mass is 243 g/mol. The highest BCUT2D eigenvalue weighted by atomic mass is 16.3. The third-order valence-electron chi connectivity index (χ3n) is 2.74. The van der Waals surface area contributed by atoms with Gasteiger partial charge in [-0.15, -0.1) is 0 Å². The molecule has 0 saturated heterocycles. The maximum Gasteiger partial charge on any atom is 0.134 e. The van der Waals surface area contributed by atoms with Gasteiger partial charge in [0.15, 0.2) is 0 Å². The van der Waals surface area contributed by atoms with Gasteiger partial charge in [0.1, 0.15) is 5.82 Å². The molecule has 0 saturated carbocycles. The zero-order valence-electron chi connectivity index (χ0n) is 10.7. The molecule has 0 bridgehead atoms. The number of rotatable bonds is 4. The molecule has 2 aromatic rings. The largest absolute Gasteiger partial charge is 0.392 e. The van der Waals surface area contributed by atoms with Crippen LogP contribution in [0.3, 0.4) is 0 Å². The molecule has 2 rings (SSSR count). The number of aliphatic hydroxyl groups excluding tert-OH is 1. The summed E-state index contributed by atoms with van der Waals surface area (Å²) >= 11 is 0. The Morgan fingerprint density at radius 3 is 2.78 bits per heavy atom. The fraction of sp³-hybridized carbons (Fsp3) is 0.286. The second-order valence-electron chi connectivity index (χ2n) is 4.27. The number of hydrogen-bond donors (Lipinski definition) is 1. The highest BCUT2D eigenvalue weighted by Gasteiger charge is 2.08. The summed E-state index contributed by atoms with van der Waals surface area (Å²) in [5, 5.41) is 9.30. The highest BCUT2D eigenvalue weighted by Crippen LogP contribution is 2.17. The van der Waals surface area contributed by atoms with Crippen LogP contribution in [0.25, 0.3) is 0 Å². The number of pyridine rings is 2. The molecule has 0 unspecified atom stereocenters. The van der Waals surface area contributed by atoms with Gasteiger partial charge in [0, 0.05) is 24.5 Å². The summed E-state index contributed by atoms with van der Waals surface area (Å²) < 4.78 is 0. The zero-order chi connectivity index (χ0) is 13.0. The average Bonchev–Trinajstić information content (AvgIpc) is 2.38. The minimum absolute atomic E-state index is 0.00520. The van der Waals surface area contributed by atoms with Gasteiger partial charge in [-0.1, -0.05) is 12.1 Å². The molecule has 4 nitrogen and oxygen atoms in total. The van der Waals surface area contributed by atoms with Crippen LogP contribution in [0.1, 0.15) is 17.0 Å². The number of hydrogen-bond acceptors (Lipinski definition) is 4. The van der Waals surface area contributed by atoms with Crippen LogP contribution in [-0.4, -0.2) is 22.1 Å². The number of anilines is 1. The Balaban J connectivity index is 2.19. The van der Waals surface area contributed by atoms with Gasteiger partial charge < -0.3 is 10.0 Å². The van der Waals surface area contributed by atoms with Gasteiger partial charge in [-0.05, 0) is 25.1 Å². The van der Waals surface area contributed by atoms with E-state index < -0.39 is 0 Å². The van der Waals surface area contributed by atoms with E-state index in [0.717, 1.165) is 22.8 Å². The van der Waals surface area contributed by atoms with E-state index in [1.165, 1.54) is 0 Å². The van der Waals surface area contributed by atoms with Crippen molar-refractivity contribution in [2.24, 2.45) is 0 Å². The first kappa shape index (κ1) is 12.5. The molecule has 0 aromatic carbocycles. The van der Waals surface area contributed by atoms with Gasteiger partial charge >= 0.3 is 0 Å². The average molecular weight is 243 g/mol. The summed E-state index contributed by atoms with van der Waals surface area (Å²) in [6, 6.07) is 9.67. The van der Waals surface area contributed by atoms with E-state index >= 15 is 0 Å². The SMILES string of the molecule is Cc1cccc(CN(C)c2ncccc2CO)n1. The summed E-state index contributed by atoms with van der Waals surface area (Å²) in [4.78, 5) is 10.8. The molecule has 2 heterocycles. The lowest BCUT2D eigenvalue weighted by atomic mass is 10.2. The molecule has 0 amide bonds. The summed E-state index contributed by atoms with van der Waals surface area (Å²) in [5.74, 6) is 0.795. The van der Waals surface area contributed by atoms with Crippen LogP contribution in [0.15, 0.2) is 36.5 Å². The van der Waals surface area contributed by atoms with Crippen molar-refractivity contribution in [2.75, 3.05) is 11.9 Å². The van der Waals surface area contributed by atoms with Crippen molar-refractivity contribution in [2.45, 2.75) is 20.1 Å². The number of aryl methyl sites for hydroxylation is 1. The number of aromatic nitrogens is 2. The topological polar surface area (TPSA) is 49.2 Å². The molecule has 0 spiro atoms. The van der Waals surface area contributed by atoms with Gasteiger partial charge in [0.25, 0.3) is 0 Å². The normalized spacial score (nSPS) is 10.4. The molecule has 0 aliphatic rings. The second kappa shape index (κ2) is 5.60. The van der Waals surface area contributed by atoms with E-state index in [2.05, 4.69) is 9.97 Å². The van der Waals surface area contributed by atoms with E-state index in [0.29, 0.717) is 6.54 Å². The molecule has 4 heteroatoms. The smallest absolute Gasteiger partial charge is 0.134 e. The van der Waals surface area contributed by atoms with Crippen molar-refractivity contribution >= 4 is 5.82 Å². The van der Waals surface area contributed by atoms with Gasteiger partial charge in [0.2, 0.25) is 0 Å². The lowest BCUT2D eigenvalue weighted by molar-refractivity contribution is 0.281. The predicted molar refractivity (Wildman–Crippen MR) is 71.2 cm³/mol. The van der Waals surface area contributed by atoms with Crippen LogP contribution in [0, 0.1) is 6.92 Å². The summed E-state index contributed by atoms with van der Waals surface area (Å²) in [5.41, 5.74) is 2.82. The fourth-order valence-electron chi connectivity index (χ4n) is 1.90. The third-order valence-corrected chi connectivity index (χ3v) is 2.74. The Kier molecular flexibility index (Phi) is 3.89. The molecule has 2 aromatic heterocycles. The standard InChI is InChI=1S/C14H17N3O/c1-11-5-3-7-13(16-11)9-17(2)14-12(10-18)6-4-8-15-14/h3-8,18H,9-10H2,1-2H3. The van der Waals surface area contributed by atoms with E-state index in [9.17, 15) is 5.11 Å². The van der Waals surface area contributed by atoms with Crippen LogP contribution in [0.2, 0.25) is 0 Å². The van der Waals surface area contributed by atoms with E-state index in [1.54, 1.807) is 6.20 Å². The van der Waals surface area contributed by atoms with Gasteiger partial charge in [-0.2, -0.15) is 0 Å². The Hall–Kier alpha value is -1.94. The van der Waals surface area contributed by atoms with Crippen molar-refractivity contribution in [3.05, 3.63) is 53.5 Å². The van der Waals surface area contributed by atoms with Gasteiger partial charge in [-0.25, -0.2) is 4.98 Å². The first-order valence-electron chi connectivity index (χ1n) is 5.89. The van der Waals surface area contributed by atoms with Crippen LogP contribution in [0.5, 0.6) is 0 Å². The third kappa shape index (κ3) is 2.84. The maximum atomic E-state index is 9.30. The highest BCUT2D eigenvalue weighted by molar-refractivity contribution is 5.45. The Bertz CT molecular complexity index is 528. The molecule has 0 aliphatic carbocycles. The molecule has 0 fully saturated rings. The summed E-state index contributed by atoms with van der Waals surface area (Å²) in [6.07, 6.45) is 1.73. The first-order valence-corrected chi connectivity index (χ1v) is 5.89. The maximum absolute atomic E-state index is 9.30. The van der Waals surface area contributed by atoms with Crippen molar-refractivity contribution in [3.63, 3.8) is 0 Å². The van der Waals surface area contributed by atoms with Crippen molar-refractivity contribution in [1.29, 1.82) is 0 Å². The molecule has 1 N–H and O–H groups in total. The second-order valence-corrected chi connectivity index (χ2v) is 4.27. The van der Waals surface area contributed by atoms with Crippen molar-refractivity contribution in [3.8, 4) is 0 Å². The van der Waals surface area contributed by atoms with Crippen LogP contribution in [0.4, 0.5) is 5.82 Å². The molecule has 18 heavy (non-hydrogen) atoms. The molecular formula is C14H17N3O. The fourth-order valence-corrected chi connectivity index (χ4v) is 1.90. The minimum atomic E-state index is -0.00520. The quantitative estimate of drug-likeness (QED) is 0.891. The molecular weight excluding hydrogens is 226 g/mol. The predicted octanol–water partition coefficient (Wildman–Crippen LogP) is 1.91. The van der Waals surface area contributed by atoms with E-state index in [1.807, 2.05) is 49.2 Å². The Morgan fingerprint density at radius 1 is 1.22 bits per heavy atom. The molecule has 0 radical (unpaired) electrons. The van der Waals surface area contributed by atoms with Crippen molar-refractivity contribution in [1.82, 2.24) is 9.97 Å². The zero-order valence-corrected chi connectivity index (χ0v) is 10.7. The van der Waals surface area contributed by atoms with Crippen molar-refractivity contribution < 1.29 is 5.11 Å². The Morgan fingerprint density at radius 2 is 2.06 bits per heavy atom. The minimum Gasteiger partial charge on any atom is -0.392 e. The van der Waals surface area contributed by atoms with Crippen LogP contribution < -0.4 is 4.90 Å². The lowest BCUT2D eigenvalue weighted by Gasteiger charge is -2.20. The Labute approximate surface area is 107 Å². The van der Waals surface area contributed by atoms with Gasteiger partial charge in [-0.3, -0.25) is 4.98 Å². The van der Waals surface area contributed by atoms with Crippen LogP contribution in [-0.2, 0) is 13.2 Å². The number of aliphatic hydroxyl groups is 1. The number of nitrogens with zero attached hydrogens (tertiary/aromatic N) is 3. The van der Waals surface area contributed by atoms with Crippen LogP contribution >= 0.6 is 0 Å². The summed E-state index contributed by atoms with van der Waals surface area (Å²) in [7, 11) is 1.95. The molecule has 0 aliphatic heterocycles. The van der Waals surface area contributed by atoms with Gasteiger partial charge in [0.05, 0.1) is 18.8 Å². The summed E-state index contributed by atoms with van der Waals surface area (Å²) in [6.45, 7) is 2.64. The lowest BCUT2D eigenvalue weighted by Crippen LogP contribution is -2.20. The van der Waals surface area contributed by atoms with E-state index in [-0.39, 0.29) is 6.61 Å². The van der Waals surface area contributed by atoms with E-state index in [4.69, 9.17) is 0 Å².